The fraction of sp³-hybridized carbons (Fsp3) is 0.167. The summed E-state index contributed by atoms with van der Waals surface area (Å²) in [6.45, 7) is 1.94. The van der Waals surface area contributed by atoms with Crippen LogP contribution in [0.15, 0.2) is 60.9 Å². The van der Waals surface area contributed by atoms with E-state index in [0.717, 1.165) is 16.5 Å². The van der Waals surface area contributed by atoms with E-state index in [4.69, 9.17) is 5.73 Å². The molecule has 1 amide bonds. The maximum Gasteiger partial charge on any atom is 0.234 e. The van der Waals surface area contributed by atoms with Crippen molar-refractivity contribution in [1.82, 2.24) is 9.97 Å². The summed E-state index contributed by atoms with van der Waals surface area (Å²) in [5.41, 5.74) is 7.15. The molecule has 0 spiro atoms. The molecule has 1 unspecified atom stereocenters. The standard InChI is InChI=1S/C18H17N3O/c1-2-18(17(19)22,16-9-5-6-10-20-16)14-11-13-7-3-4-8-15(13)21-12-14/h3-12H,2H2,1H3,(H2,19,22). The minimum Gasteiger partial charge on any atom is -0.369 e. The zero-order valence-corrected chi connectivity index (χ0v) is 12.4. The first-order valence-corrected chi connectivity index (χ1v) is 7.25. The number of aromatic nitrogens is 2. The van der Waals surface area contributed by atoms with E-state index < -0.39 is 11.3 Å². The maximum atomic E-state index is 12.3. The number of hydrogen-bond acceptors (Lipinski definition) is 3. The molecule has 0 bridgehead atoms. The largest absolute Gasteiger partial charge is 0.369 e. The number of carbonyl (C=O) groups is 1. The van der Waals surface area contributed by atoms with Crippen LogP contribution >= 0.6 is 0 Å². The summed E-state index contributed by atoms with van der Waals surface area (Å²) in [5, 5.41) is 0.981. The fourth-order valence-corrected chi connectivity index (χ4v) is 2.90. The molecule has 0 aliphatic heterocycles. The van der Waals surface area contributed by atoms with Crippen LogP contribution in [0.25, 0.3) is 10.9 Å². The third kappa shape index (κ3) is 2.13. The number of primary amides is 1. The van der Waals surface area contributed by atoms with Crippen LogP contribution in [0.2, 0.25) is 0 Å². The van der Waals surface area contributed by atoms with Gasteiger partial charge in [-0.2, -0.15) is 0 Å². The fourth-order valence-electron chi connectivity index (χ4n) is 2.90. The molecule has 0 saturated carbocycles. The van der Waals surface area contributed by atoms with Crippen LogP contribution in [0.4, 0.5) is 0 Å². The van der Waals surface area contributed by atoms with Gasteiger partial charge in [-0.1, -0.05) is 31.2 Å². The van der Waals surface area contributed by atoms with Gasteiger partial charge < -0.3 is 5.73 Å². The Labute approximate surface area is 129 Å². The monoisotopic (exact) mass is 291 g/mol. The van der Waals surface area contributed by atoms with Crippen molar-refractivity contribution < 1.29 is 4.79 Å². The molecule has 110 valence electrons. The molecule has 1 atom stereocenters. The Bertz CT molecular complexity index is 817. The highest BCUT2D eigenvalue weighted by Gasteiger charge is 2.40. The predicted molar refractivity (Wildman–Crippen MR) is 86.2 cm³/mol. The highest BCUT2D eigenvalue weighted by atomic mass is 16.1. The zero-order chi connectivity index (χ0) is 15.6. The number of rotatable bonds is 4. The van der Waals surface area contributed by atoms with Crippen molar-refractivity contribution >= 4 is 16.8 Å². The smallest absolute Gasteiger partial charge is 0.234 e. The number of benzene rings is 1. The molecule has 1 aromatic carbocycles. The molecule has 4 nitrogen and oxygen atoms in total. The minimum absolute atomic E-state index is 0.411. The number of nitrogens with two attached hydrogens (primary N) is 1. The summed E-state index contributed by atoms with van der Waals surface area (Å²) >= 11 is 0. The number of hydrogen-bond donors (Lipinski definition) is 1. The number of nitrogens with zero attached hydrogens (tertiary/aromatic N) is 2. The Morgan fingerprint density at radius 1 is 1.14 bits per heavy atom. The summed E-state index contributed by atoms with van der Waals surface area (Å²) in [7, 11) is 0. The second-order valence-electron chi connectivity index (χ2n) is 5.25. The maximum absolute atomic E-state index is 12.3. The summed E-state index contributed by atoms with van der Waals surface area (Å²) in [6, 6.07) is 15.3. The van der Waals surface area contributed by atoms with E-state index in [1.165, 1.54) is 0 Å². The molecule has 4 heteroatoms. The lowest BCUT2D eigenvalue weighted by atomic mass is 9.74. The van der Waals surface area contributed by atoms with Crippen molar-refractivity contribution in [3.63, 3.8) is 0 Å². The molecule has 0 radical (unpaired) electrons. The molecule has 0 aliphatic rings. The molecule has 0 fully saturated rings. The molecule has 3 aromatic rings. The van der Waals surface area contributed by atoms with Gasteiger partial charge in [-0.25, -0.2) is 0 Å². The summed E-state index contributed by atoms with van der Waals surface area (Å²) in [6.07, 6.45) is 3.93. The third-order valence-electron chi connectivity index (χ3n) is 4.14. The SMILES string of the molecule is CCC(C(N)=O)(c1cnc2ccccc2c1)c1ccccn1. The molecule has 2 heterocycles. The van der Waals surface area contributed by atoms with Gasteiger partial charge in [0.25, 0.3) is 0 Å². The van der Waals surface area contributed by atoms with Gasteiger partial charge in [-0.05, 0) is 36.2 Å². The third-order valence-corrected chi connectivity index (χ3v) is 4.14. The Morgan fingerprint density at radius 2 is 1.91 bits per heavy atom. The first kappa shape index (κ1) is 14.2. The molecule has 2 N–H and O–H groups in total. The average Bonchev–Trinajstić information content (AvgIpc) is 2.56. The Balaban J connectivity index is 2.26. The van der Waals surface area contributed by atoms with Crippen molar-refractivity contribution in [2.45, 2.75) is 18.8 Å². The van der Waals surface area contributed by atoms with Gasteiger partial charge in [-0.15, -0.1) is 0 Å². The van der Waals surface area contributed by atoms with E-state index in [1.54, 1.807) is 12.4 Å². The van der Waals surface area contributed by atoms with E-state index in [0.29, 0.717) is 12.1 Å². The van der Waals surface area contributed by atoms with Gasteiger partial charge in [0.2, 0.25) is 5.91 Å². The van der Waals surface area contributed by atoms with Gasteiger partial charge in [0.1, 0.15) is 5.41 Å². The molecule has 0 saturated heterocycles. The van der Waals surface area contributed by atoms with Crippen molar-refractivity contribution in [1.29, 1.82) is 0 Å². The van der Waals surface area contributed by atoms with Crippen LogP contribution in [0.3, 0.4) is 0 Å². The number of fused-ring (bicyclic) bond motifs is 1. The van der Waals surface area contributed by atoms with Crippen LogP contribution in [0.5, 0.6) is 0 Å². The lowest BCUT2D eigenvalue weighted by Crippen LogP contribution is -2.42. The Kier molecular flexibility index (Phi) is 3.59. The van der Waals surface area contributed by atoms with Gasteiger partial charge >= 0.3 is 0 Å². The van der Waals surface area contributed by atoms with Gasteiger partial charge in [-0.3, -0.25) is 14.8 Å². The number of pyridine rings is 2. The normalized spacial score (nSPS) is 13.7. The Morgan fingerprint density at radius 3 is 2.59 bits per heavy atom. The van der Waals surface area contributed by atoms with E-state index in [-0.39, 0.29) is 0 Å². The summed E-state index contributed by atoms with van der Waals surface area (Å²) in [4.78, 5) is 21.2. The average molecular weight is 291 g/mol. The predicted octanol–water partition coefficient (Wildman–Crippen LogP) is 2.81. The second kappa shape index (κ2) is 5.56. The highest BCUT2D eigenvalue weighted by Crippen LogP contribution is 2.35. The number of amides is 1. The quantitative estimate of drug-likeness (QED) is 0.803. The van der Waals surface area contributed by atoms with Crippen molar-refractivity contribution in [2.24, 2.45) is 5.73 Å². The molecular weight excluding hydrogens is 274 g/mol. The van der Waals surface area contributed by atoms with Gasteiger partial charge in [0, 0.05) is 17.8 Å². The van der Waals surface area contributed by atoms with Crippen LogP contribution in [0, 0.1) is 0 Å². The van der Waals surface area contributed by atoms with E-state index >= 15 is 0 Å². The molecule has 0 aliphatic carbocycles. The summed E-state index contributed by atoms with van der Waals surface area (Å²) < 4.78 is 0. The van der Waals surface area contributed by atoms with Crippen LogP contribution < -0.4 is 5.73 Å². The highest BCUT2D eigenvalue weighted by molar-refractivity contribution is 5.91. The number of para-hydroxylation sites is 1. The van der Waals surface area contributed by atoms with E-state index in [9.17, 15) is 4.79 Å². The number of carbonyl (C=O) groups excluding carboxylic acids is 1. The second-order valence-corrected chi connectivity index (χ2v) is 5.25. The molecule has 3 rings (SSSR count). The van der Waals surface area contributed by atoms with Crippen molar-refractivity contribution in [2.75, 3.05) is 0 Å². The lowest BCUT2D eigenvalue weighted by Gasteiger charge is -2.29. The van der Waals surface area contributed by atoms with Crippen LogP contribution in [-0.4, -0.2) is 15.9 Å². The Hall–Kier alpha value is -2.75. The van der Waals surface area contributed by atoms with Crippen molar-refractivity contribution in [3.05, 3.63) is 72.2 Å². The summed E-state index contributed by atoms with van der Waals surface area (Å²) in [5.74, 6) is -0.411. The topological polar surface area (TPSA) is 68.9 Å². The van der Waals surface area contributed by atoms with Gasteiger partial charge in [0.15, 0.2) is 0 Å². The van der Waals surface area contributed by atoms with Crippen molar-refractivity contribution in [3.8, 4) is 0 Å². The first-order valence-electron chi connectivity index (χ1n) is 7.25. The van der Waals surface area contributed by atoms with Crippen LogP contribution in [0.1, 0.15) is 24.6 Å². The molecule has 22 heavy (non-hydrogen) atoms. The first-order chi connectivity index (χ1) is 10.7. The lowest BCUT2D eigenvalue weighted by molar-refractivity contribution is -0.122. The molecule has 2 aromatic heterocycles. The van der Waals surface area contributed by atoms with Gasteiger partial charge in [0.05, 0.1) is 11.2 Å². The van der Waals surface area contributed by atoms with E-state index in [1.807, 2.05) is 55.5 Å². The molecular formula is C18H17N3O. The zero-order valence-electron chi connectivity index (χ0n) is 12.4. The van der Waals surface area contributed by atoms with Crippen LogP contribution in [-0.2, 0) is 10.2 Å². The van der Waals surface area contributed by atoms with E-state index in [2.05, 4.69) is 9.97 Å². The minimum atomic E-state index is -0.960.